The Morgan fingerprint density at radius 2 is 2.06 bits per heavy atom. The largest absolute Gasteiger partial charge is 0.387 e. The Bertz CT molecular complexity index is 359. The molecule has 2 N–H and O–H groups in total. The van der Waals surface area contributed by atoms with Crippen LogP contribution in [0.4, 0.5) is 5.69 Å². The highest BCUT2D eigenvalue weighted by Gasteiger charge is 2.11. The second kappa shape index (κ2) is 6.23. The Hall–Kier alpha value is -1.58. The maximum Gasteiger partial charge on any atom is 0.269 e. The molecular formula is C13H21N3O. The molecule has 1 heterocycles. The summed E-state index contributed by atoms with van der Waals surface area (Å²) in [5.74, 6) is 0.922. The molecule has 0 aliphatic rings. The number of carbonyl (C=O) groups excluding carboxylic acids is 1. The maximum atomic E-state index is 11.8. The van der Waals surface area contributed by atoms with Gasteiger partial charge in [0, 0.05) is 13.6 Å². The van der Waals surface area contributed by atoms with Crippen LogP contribution in [0.5, 0.6) is 0 Å². The lowest BCUT2D eigenvalue weighted by Crippen LogP contribution is -2.30. The Balaban J connectivity index is 2.52. The summed E-state index contributed by atoms with van der Waals surface area (Å²) in [6.45, 7) is 7.11. The number of carbonyl (C=O) groups is 1. The highest BCUT2D eigenvalue weighted by atomic mass is 16.1. The molecule has 0 bridgehead atoms. The average Bonchev–Trinajstić information content (AvgIpc) is 2.35. The predicted molar refractivity (Wildman–Crippen MR) is 70.1 cm³/mol. The van der Waals surface area contributed by atoms with Gasteiger partial charge in [0.1, 0.15) is 5.69 Å². The summed E-state index contributed by atoms with van der Waals surface area (Å²) < 4.78 is 0. The fourth-order valence-corrected chi connectivity index (χ4v) is 1.26. The smallest absolute Gasteiger partial charge is 0.269 e. The molecule has 0 radical (unpaired) electrons. The summed E-state index contributed by atoms with van der Waals surface area (Å²) in [7, 11) is 1.82. The van der Waals surface area contributed by atoms with E-state index in [4.69, 9.17) is 0 Å². The van der Waals surface area contributed by atoms with Crippen molar-refractivity contribution in [3.8, 4) is 0 Å². The van der Waals surface area contributed by atoms with Crippen LogP contribution < -0.4 is 10.6 Å². The second-order valence-corrected chi connectivity index (χ2v) is 4.61. The van der Waals surface area contributed by atoms with Crippen molar-refractivity contribution in [2.45, 2.75) is 20.8 Å². The molecule has 4 heteroatoms. The topological polar surface area (TPSA) is 54.0 Å². The number of nitrogens with one attached hydrogen (secondary N) is 2. The standard InChI is InChI=1S/C13H21N3O/c1-9(2)10(3)7-16-13(17)12-6-5-11(14-4)8-15-12/h5-6,8-10,14H,7H2,1-4H3,(H,16,17). The molecule has 1 amide bonds. The van der Waals surface area contributed by atoms with Gasteiger partial charge in [0.15, 0.2) is 0 Å². The predicted octanol–water partition coefficient (Wildman–Crippen LogP) is 2.15. The summed E-state index contributed by atoms with van der Waals surface area (Å²) in [4.78, 5) is 15.9. The average molecular weight is 235 g/mol. The first kappa shape index (κ1) is 13.5. The summed E-state index contributed by atoms with van der Waals surface area (Å²) in [5.41, 5.74) is 1.36. The van der Waals surface area contributed by atoms with Gasteiger partial charge in [-0.05, 0) is 24.0 Å². The lowest BCUT2D eigenvalue weighted by Gasteiger charge is -2.15. The van der Waals surface area contributed by atoms with E-state index < -0.39 is 0 Å². The Kier molecular flexibility index (Phi) is 4.94. The third-order valence-electron chi connectivity index (χ3n) is 3.01. The van der Waals surface area contributed by atoms with Crippen molar-refractivity contribution in [3.63, 3.8) is 0 Å². The monoisotopic (exact) mass is 235 g/mol. The molecule has 1 aromatic rings. The fourth-order valence-electron chi connectivity index (χ4n) is 1.26. The van der Waals surface area contributed by atoms with Crippen LogP contribution in [0.1, 0.15) is 31.3 Å². The van der Waals surface area contributed by atoms with E-state index in [1.165, 1.54) is 0 Å². The zero-order chi connectivity index (χ0) is 12.8. The van der Waals surface area contributed by atoms with Gasteiger partial charge in [-0.25, -0.2) is 4.98 Å². The van der Waals surface area contributed by atoms with E-state index in [0.717, 1.165) is 5.69 Å². The minimum atomic E-state index is -0.111. The molecule has 1 unspecified atom stereocenters. The number of hydrogen-bond donors (Lipinski definition) is 2. The maximum absolute atomic E-state index is 11.8. The molecule has 0 aliphatic heterocycles. The molecule has 1 aromatic heterocycles. The van der Waals surface area contributed by atoms with E-state index in [9.17, 15) is 4.79 Å². The fraction of sp³-hybridized carbons (Fsp3) is 0.538. The van der Waals surface area contributed by atoms with Crippen molar-refractivity contribution in [2.24, 2.45) is 11.8 Å². The first-order chi connectivity index (χ1) is 8.04. The van der Waals surface area contributed by atoms with E-state index in [2.05, 4.69) is 36.4 Å². The number of amides is 1. The van der Waals surface area contributed by atoms with E-state index in [1.807, 2.05) is 13.1 Å². The molecule has 0 fully saturated rings. The van der Waals surface area contributed by atoms with Crippen molar-refractivity contribution in [3.05, 3.63) is 24.0 Å². The van der Waals surface area contributed by atoms with Crippen molar-refractivity contribution < 1.29 is 4.79 Å². The number of aromatic nitrogens is 1. The van der Waals surface area contributed by atoms with Crippen LogP contribution in [0.3, 0.4) is 0 Å². The molecule has 94 valence electrons. The zero-order valence-corrected chi connectivity index (χ0v) is 10.9. The van der Waals surface area contributed by atoms with Gasteiger partial charge in [0.05, 0.1) is 11.9 Å². The van der Waals surface area contributed by atoms with E-state index in [-0.39, 0.29) is 5.91 Å². The highest BCUT2D eigenvalue weighted by Crippen LogP contribution is 2.08. The third kappa shape index (κ3) is 4.06. The summed E-state index contributed by atoms with van der Waals surface area (Å²) in [6, 6.07) is 3.56. The first-order valence-corrected chi connectivity index (χ1v) is 5.96. The summed E-state index contributed by atoms with van der Waals surface area (Å²) >= 11 is 0. The SMILES string of the molecule is CNc1ccc(C(=O)NCC(C)C(C)C)nc1. The number of nitrogens with zero attached hydrogens (tertiary/aromatic N) is 1. The minimum absolute atomic E-state index is 0.111. The van der Waals surface area contributed by atoms with Gasteiger partial charge >= 0.3 is 0 Å². The van der Waals surface area contributed by atoms with Crippen LogP contribution in [-0.2, 0) is 0 Å². The molecule has 1 atom stereocenters. The van der Waals surface area contributed by atoms with Gasteiger partial charge in [-0.15, -0.1) is 0 Å². The van der Waals surface area contributed by atoms with Crippen molar-refractivity contribution in [1.82, 2.24) is 10.3 Å². The number of hydrogen-bond acceptors (Lipinski definition) is 3. The molecule has 0 aromatic carbocycles. The van der Waals surface area contributed by atoms with Crippen LogP contribution >= 0.6 is 0 Å². The lowest BCUT2D eigenvalue weighted by atomic mass is 9.98. The van der Waals surface area contributed by atoms with Crippen LogP contribution in [0.2, 0.25) is 0 Å². The lowest BCUT2D eigenvalue weighted by molar-refractivity contribution is 0.0940. The van der Waals surface area contributed by atoms with Crippen LogP contribution in [0, 0.1) is 11.8 Å². The van der Waals surface area contributed by atoms with Gasteiger partial charge < -0.3 is 10.6 Å². The normalized spacial score (nSPS) is 12.3. The van der Waals surface area contributed by atoms with Crippen LogP contribution in [0.25, 0.3) is 0 Å². The highest BCUT2D eigenvalue weighted by molar-refractivity contribution is 5.92. The van der Waals surface area contributed by atoms with Gasteiger partial charge in [-0.2, -0.15) is 0 Å². The molecule has 0 aliphatic carbocycles. The second-order valence-electron chi connectivity index (χ2n) is 4.61. The van der Waals surface area contributed by atoms with Crippen molar-refractivity contribution in [2.75, 3.05) is 18.9 Å². The Morgan fingerprint density at radius 3 is 2.53 bits per heavy atom. The quantitative estimate of drug-likeness (QED) is 0.822. The summed E-state index contributed by atoms with van der Waals surface area (Å²) in [5, 5.41) is 5.86. The molecule has 0 saturated carbocycles. The molecule has 17 heavy (non-hydrogen) atoms. The zero-order valence-electron chi connectivity index (χ0n) is 10.9. The molecule has 0 saturated heterocycles. The van der Waals surface area contributed by atoms with E-state index in [1.54, 1.807) is 12.3 Å². The number of rotatable bonds is 5. The molecule has 4 nitrogen and oxygen atoms in total. The Morgan fingerprint density at radius 1 is 1.35 bits per heavy atom. The Labute approximate surface area is 103 Å². The molecule has 1 rings (SSSR count). The van der Waals surface area contributed by atoms with Crippen molar-refractivity contribution >= 4 is 11.6 Å². The molecule has 0 spiro atoms. The van der Waals surface area contributed by atoms with Gasteiger partial charge in [-0.3, -0.25) is 4.79 Å². The number of pyridine rings is 1. The van der Waals surface area contributed by atoms with Gasteiger partial charge in [-0.1, -0.05) is 20.8 Å². The van der Waals surface area contributed by atoms with Gasteiger partial charge in [0.2, 0.25) is 0 Å². The van der Waals surface area contributed by atoms with Crippen LogP contribution in [0.15, 0.2) is 18.3 Å². The van der Waals surface area contributed by atoms with Crippen LogP contribution in [-0.4, -0.2) is 24.5 Å². The van der Waals surface area contributed by atoms with E-state index >= 15 is 0 Å². The van der Waals surface area contributed by atoms with Crippen molar-refractivity contribution in [1.29, 1.82) is 0 Å². The van der Waals surface area contributed by atoms with E-state index in [0.29, 0.717) is 24.1 Å². The first-order valence-electron chi connectivity index (χ1n) is 5.96. The van der Waals surface area contributed by atoms with Gasteiger partial charge in [0.25, 0.3) is 5.91 Å². The molecular weight excluding hydrogens is 214 g/mol. The number of anilines is 1. The third-order valence-corrected chi connectivity index (χ3v) is 3.01. The summed E-state index contributed by atoms with van der Waals surface area (Å²) in [6.07, 6.45) is 1.65. The minimum Gasteiger partial charge on any atom is -0.387 e.